The summed E-state index contributed by atoms with van der Waals surface area (Å²) in [5.74, 6) is -0.0902. The molecule has 0 amide bonds. The minimum absolute atomic E-state index is 0.0902. The standard InChI is InChI=1S/C10H12N4OS/c1-7-4-8(6-16-7)10(15)9-5-14(3-2-11)13-12-9/h4-6H,2-3,11H2,1H3. The van der Waals surface area contributed by atoms with E-state index in [-0.39, 0.29) is 5.78 Å². The molecule has 2 rings (SSSR count). The molecule has 0 aliphatic rings. The maximum Gasteiger partial charge on any atom is 0.215 e. The summed E-state index contributed by atoms with van der Waals surface area (Å²) in [4.78, 5) is 13.0. The molecule has 0 aromatic carbocycles. The molecule has 0 spiro atoms. The summed E-state index contributed by atoms with van der Waals surface area (Å²) in [5.41, 5.74) is 6.42. The van der Waals surface area contributed by atoms with Crippen molar-refractivity contribution in [3.8, 4) is 0 Å². The van der Waals surface area contributed by atoms with Crippen molar-refractivity contribution in [3.63, 3.8) is 0 Å². The van der Waals surface area contributed by atoms with Gasteiger partial charge in [0.05, 0.1) is 12.7 Å². The monoisotopic (exact) mass is 236 g/mol. The van der Waals surface area contributed by atoms with Gasteiger partial charge in [0.2, 0.25) is 5.78 Å². The lowest BCUT2D eigenvalue weighted by Crippen LogP contribution is -2.10. The van der Waals surface area contributed by atoms with E-state index in [4.69, 9.17) is 5.73 Å². The van der Waals surface area contributed by atoms with Crippen molar-refractivity contribution >= 4 is 17.1 Å². The number of hydrogen-bond donors (Lipinski definition) is 1. The minimum Gasteiger partial charge on any atom is -0.329 e. The third-order valence-electron chi connectivity index (χ3n) is 2.12. The molecule has 0 saturated carbocycles. The smallest absolute Gasteiger partial charge is 0.215 e. The number of nitrogens with zero attached hydrogens (tertiary/aromatic N) is 3. The molecule has 2 aromatic heterocycles. The predicted octanol–water partition coefficient (Wildman–Crippen LogP) is 0.838. The molecule has 2 heterocycles. The topological polar surface area (TPSA) is 73.8 Å². The summed E-state index contributed by atoms with van der Waals surface area (Å²) in [7, 11) is 0. The Balaban J connectivity index is 2.20. The molecular weight excluding hydrogens is 224 g/mol. The average Bonchev–Trinajstić information content (AvgIpc) is 2.87. The van der Waals surface area contributed by atoms with Gasteiger partial charge in [-0.05, 0) is 13.0 Å². The number of aryl methyl sites for hydroxylation is 1. The molecule has 2 aromatic rings. The number of thiophene rings is 1. The Kier molecular flexibility index (Phi) is 3.12. The van der Waals surface area contributed by atoms with Crippen LogP contribution in [0.4, 0.5) is 0 Å². The van der Waals surface area contributed by atoms with E-state index < -0.39 is 0 Å². The van der Waals surface area contributed by atoms with Gasteiger partial charge in [-0.15, -0.1) is 16.4 Å². The van der Waals surface area contributed by atoms with Gasteiger partial charge in [-0.1, -0.05) is 5.21 Å². The van der Waals surface area contributed by atoms with Gasteiger partial charge >= 0.3 is 0 Å². The first-order valence-corrected chi connectivity index (χ1v) is 5.78. The highest BCUT2D eigenvalue weighted by Gasteiger charge is 2.14. The van der Waals surface area contributed by atoms with Gasteiger partial charge in [0.25, 0.3) is 0 Å². The Bertz CT molecular complexity index is 502. The van der Waals surface area contributed by atoms with Crippen LogP contribution < -0.4 is 5.73 Å². The lowest BCUT2D eigenvalue weighted by Gasteiger charge is -1.93. The second-order valence-electron chi connectivity index (χ2n) is 3.43. The highest BCUT2D eigenvalue weighted by molar-refractivity contribution is 7.10. The highest BCUT2D eigenvalue weighted by atomic mass is 32.1. The molecule has 84 valence electrons. The minimum atomic E-state index is -0.0902. The van der Waals surface area contributed by atoms with Crippen molar-refractivity contribution in [3.05, 3.63) is 33.8 Å². The van der Waals surface area contributed by atoms with E-state index in [1.54, 1.807) is 22.2 Å². The SMILES string of the molecule is Cc1cc(C(=O)c2cn(CCN)nn2)cs1. The molecule has 6 heteroatoms. The van der Waals surface area contributed by atoms with Crippen LogP contribution in [0, 0.1) is 6.92 Å². The van der Waals surface area contributed by atoms with Gasteiger partial charge in [-0.25, -0.2) is 0 Å². The molecule has 0 fully saturated rings. The van der Waals surface area contributed by atoms with Crippen molar-refractivity contribution in [2.45, 2.75) is 13.5 Å². The van der Waals surface area contributed by atoms with E-state index in [1.807, 2.05) is 18.4 Å². The Labute approximate surface area is 96.9 Å². The predicted molar refractivity (Wildman–Crippen MR) is 61.6 cm³/mol. The maximum atomic E-state index is 11.9. The fourth-order valence-corrected chi connectivity index (χ4v) is 2.04. The largest absolute Gasteiger partial charge is 0.329 e. The number of carbonyl (C=O) groups is 1. The van der Waals surface area contributed by atoms with Gasteiger partial charge < -0.3 is 5.73 Å². The van der Waals surface area contributed by atoms with E-state index >= 15 is 0 Å². The van der Waals surface area contributed by atoms with Crippen LogP contribution in [0.15, 0.2) is 17.6 Å². The summed E-state index contributed by atoms with van der Waals surface area (Å²) in [6.07, 6.45) is 1.63. The van der Waals surface area contributed by atoms with E-state index in [1.165, 1.54) is 0 Å². The van der Waals surface area contributed by atoms with Gasteiger partial charge in [0.1, 0.15) is 0 Å². The summed E-state index contributed by atoms with van der Waals surface area (Å²) < 4.78 is 1.58. The van der Waals surface area contributed by atoms with Crippen molar-refractivity contribution in [2.75, 3.05) is 6.54 Å². The molecular formula is C10H12N4OS. The van der Waals surface area contributed by atoms with E-state index in [0.717, 1.165) is 4.88 Å². The quantitative estimate of drug-likeness (QED) is 0.798. The molecule has 0 aliphatic heterocycles. The average molecular weight is 236 g/mol. The lowest BCUT2D eigenvalue weighted by atomic mass is 10.2. The van der Waals surface area contributed by atoms with Gasteiger partial charge in [0.15, 0.2) is 5.69 Å². The number of nitrogens with two attached hydrogens (primary N) is 1. The van der Waals surface area contributed by atoms with Gasteiger partial charge in [-0.2, -0.15) is 0 Å². The summed E-state index contributed by atoms with van der Waals surface area (Å²) in [5, 5.41) is 9.49. The van der Waals surface area contributed by atoms with Crippen molar-refractivity contribution < 1.29 is 4.79 Å². The van der Waals surface area contributed by atoms with Crippen LogP contribution in [0.3, 0.4) is 0 Å². The zero-order chi connectivity index (χ0) is 11.5. The van der Waals surface area contributed by atoms with Crippen LogP contribution in [0.5, 0.6) is 0 Å². The molecule has 0 bridgehead atoms. The zero-order valence-electron chi connectivity index (χ0n) is 8.88. The number of ketones is 1. The summed E-state index contributed by atoms with van der Waals surface area (Å²) in [6.45, 7) is 3.02. The molecule has 0 atom stereocenters. The van der Waals surface area contributed by atoms with Crippen molar-refractivity contribution in [1.82, 2.24) is 15.0 Å². The van der Waals surface area contributed by atoms with E-state index in [9.17, 15) is 4.79 Å². The number of hydrogen-bond acceptors (Lipinski definition) is 5. The second kappa shape index (κ2) is 4.54. The van der Waals surface area contributed by atoms with Crippen molar-refractivity contribution in [2.24, 2.45) is 5.73 Å². The number of carbonyl (C=O) groups excluding carboxylic acids is 1. The van der Waals surface area contributed by atoms with Crippen LogP contribution in [-0.4, -0.2) is 27.3 Å². The molecule has 2 N–H and O–H groups in total. The van der Waals surface area contributed by atoms with Crippen LogP contribution in [0.2, 0.25) is 0 Å². The summed E-state index contributed by atoms with van der Waals surface area (Å²) in [6, 6.07) is 1.86. The lowest BCUT2D eigenvalue weighted by molar-refractivity contribution is 0.103. The molecule has 16 heavy (non-hydrogen) atoms. The van der Waals surface area contributed by atoms with E-state index in [2.05, 4.69) is 10.3 Å². The first kappa shape index (κ1) is 11.0. The normalized spacial score (nSPS) is 10.6. The second-order valence-corrected chi connectivity index (χ2v) is 4.55. The summed E-state index contributed by atoms with van der Waals surface area (Å²) >= 11 is 1.55. The molecule has 0 saturated heterocycles. The third kappa shape index (κ3) is 2.17. The Morgan fingerprint density at radius 2 is 2.44 bits per heavy atom. The Morgan fingerprint density at radius 3 is 3.06 bits per heavy atom. The molecule has 0 radical (unpaired) electrons. The highest BCUT2D eigenvalue weighted by Crippen LogP contribution is 2.15. The Hall–Kier alpha value is -1.53. The number of rotatable bonds is 4. The Morgan fingerprint density at radius 1 is 1.62 bits per heavy atom. The molecule has 5 nitrogen and oxygen atoms in total. The van der Waals surface area contributed by atoms with Crippen LogP contribution in [0.1, 0.15) is 20.9 Å². The van der Waals surface area contributed by atoms with Crippen LogP contribution in [-0.2, 0) is 6.54 Å². The molecule has 0 aliphatic carbocycles. The number of aromatic nitrogens is 3. The maximum absolute atomic E-state index is 11.9. The van der Waals surface area contributed by atoms with Crippen molar-refractivity contribution in [1.29, 1.82) is 0 Å². The third-order valence-corrected chi connectivity index (χ3v) is 2.98. The van der Waals surface area contributed by atoms with E-state index in [0.29, 0.717) is 24.3 Å². The molecule has 0 unspecified atom stereocenters. The van der Waals surface area contributed by atoms with Gasteiger partial charge in [0, 0.05) is 22.4 Å². The van der Waals surface area contributed by atoms with Gasteiger partial charge in [-0.3, -0.25) is 9.48 Å². The van der Waals surface area contributed by atoms with Crippen LogP contribution >= 0.6 is 11.3 Å². The first-order chi connectivity index (χ1) is 7.70. The first-order valence-electron chi connectivity index (χ1n) is 4.90. The van der Waals surface area contributed by atoms with Crippen LogP contribution in [0.25, 0.3) is 0 Å². The zero-order valence-corrected chi connectivity index (χ0v) is 9.70. The fourth-order valence-electron chi connectivity index (χ4n) is 1.35. The fraction of sp³-hybridized carbons (Fsp3) is 0.300.